The predicted octanol–water partition coefficient (Wildman–Crippen LogP) is 0.651. The summed E-state index contributed by atoms with van der Waals surface area (Å²) in [6.45, 7) is 3.07. The van der Waals surface area contributed by atoms with Crippen molar-refractivity contribution in [2.75, 3.05) is 6.54 Å². The highest BCUT2D eigenvalue weighted by Crippen LogP contribution is 2.00. The first-order valence-electron chi connectivity index (χ1n) is 6.09. The molecular weight excluding hydrogens is 274 g/mol. The molecule has 0 atom stereocenters. The van der Waals surface area contributed by atoms with Crippen molar-refractivity contribution >= 4 is 23.1 Å². The fourth-order valence-corrected chi connectivity index (χ4v) is 1.76. The molecule has 0 aliphatic carbocycles. The fraction of sp³-hybridized carbons (Fsp3) is 0.231. The Morgan fingerprint density at radius 2 is 2.25 bits per heavy atom. The molecule has 0 aromatic carbocycles. The van der Waals surface area contributed by atoms with Crippen LogP contribution in [0.1, 0.15) is 21.6 Å². The highest BCUT2D eigenvalue weighted by Gasteiger charge is 2.07. The number of carbonyl (C=O) groups excluding carboxylic acids is 1. The van der Waals surface area contributed by atoms with Crippen molar-refractivity contribution in [1.82, 2.24) is 20.1 Å². The van der Waals surface area contributed by atoms with Gasteiger partial charge in [0.05, 0.1) is 12.7 Å². The van der Waals surface area contributed by atoms with Crippen LogP contribution in [0.15, 0.2) is 30.7 Å². The standard InChI is InChI=1S/C13H15N5OS/c1-9-6-17-18(8-9)5-4-15-13(19)11-3-2-10(7-16-11)12(14)20/h2-3,6-8H,4-5H2,1H3,(H2,14,20)(H,15,19). The number of nitrogens with one attached hydrogen (secondary N) is 1. The molecule has 0 aliphatic rings. The van der Waals surface area contributed by atoms with Crippen LogP contribution in [0.25, 0.3) is 0 Å². The molecule has 0 unspecified atom stereocenters. The molecule has 0 saturated carbocycles. The first-order valence-corrected chi connectivity index (χ1v) is 6.50. The van der Waals surface area contributed by atoms with Gasteiger partial charge in [-0.1, -0.05) is 12.2 Å². The lowest BCUT2D eigenvalue weighted by molar-refractivity contribution is 0.0947. The van der Waals surface area contributed by atoms with Crippen molar-refractivity contribution in [3.63, 3.8) is 0 Å². The third-order valence-electron chi connectivity index (χ3n) is 2.67. The summed E-state index contributed by atoms with van der Waals surface area (Å²) in [4.78, 5) is 16.1. The van der Waals surface area contributed by atoms with E-state index in [0.717, 1.165) is 5.56 Å². The minimum absolute atomic E-state index is 0.233. The Kier molecular flexibility index (Phi) is 4.41. The second-order valence-electron chi connectivity index (χ2n) is 4.33. The van der Waals surface area contributed by atoms with Crippen molar-refractivity contribution in [3.8, 4) is 0 Å². The van der Waals surface area contributed by atoms with E-state index in [9.17, 15) is 4.79 Å². The maximum atomic E-state index is 11.9. The summed E-state index contributed by atoms with van der Waals surface area (Å²) < 4.78 is 1.78. The average molecular weight is 289 g/mol. The second kappa shape index (κ2) is 6.25. The van der Waals surface area contributed by atoms with Gasteiger partial charge in [-0.25, -0.2) is 0 Å². The summed E-state index contributed by atoms with van der Waals surface area (Å²) >= 11 is 4.82. The molecular formula is C13H15N5OS. The van der Waals surface area contributed by atoms with E-state index in [2.05, 4.69) is 15.4 Å². The van der Waals surface area contributed by atoms with Gasteiger partial charge < -0.3 is 11.1 Å². The van der Waals surface area contributed by atoms with E-state index in [-0.39, 0.29) is 10.9 Å². The van der Waals surface area contributed by atoms with Gasteiger partial charge in [-0.15, -0.1) is 0 Å². The maximum Gasteiger partial charge on any atom is 0.269 e. The highest BCUT2D eigenvalue weighted by atomic mass is 32.1. The van der Waals surface area contributed by atoms with Crippen LogP contribution in [0.3, 0.4) is 0 Å². The Hall–Kier alpha value is -2.28. The Balaban J connectivity index is 1.86. The monoisotopic (exact) mass is 289 g/mol. The van der Waals surface area contributed by atoms with Crippen LogP contribution in [0.4, 0.5) is 0 Å². The van der Waals surface area contributed by atoms with Gasteiger partial charge in [0, 0.05) is 24.5 Å². The summed E-state index contributed by atoms with van der Waals surface area (Å²) in [6.07, 6.45) is 5.19. The number of amides is 1. The Morgan fingerprint density at radius 3 is 2.80 bits per heavy atom. The van der Waals surface area contributed by atoms with E-state index in [1.807, 2.05) is 13.1 Å². The minimum atomic E-state index is -0.233. The summed E-state index contributed by atoms with van der Waals surface area (Å²) in [5, 5.41) is 6.92. The van der Waals surface area contributed by atoms with Crippen molar-refractivity contribution in [1.29, 1.82) is 0 Å². The first-order chi connectivity index (χ1) is 9.56. The number of carbonyl (C=O) groups is 1. The van der Waals surface area contributed by atoms with Gasteiger partial charge in [-0.2, -0.15) is 5.10 Å². The van der Waals surface area contributed by atoms with E-state index in [1.165, 1.54) is 6.20 Å². The number of hydrogen-bond acceptors (Lipinski definition) is 4. The van der Waals surface area contributed by atoms with Crippen LogP contribution in [0.2, 0.25) is 0 Å². The SMILES string of the molecule is Cc1cnn(CCNC(=O)c2ccc(C(N)=S)cn2)c1. The number of aromatic nitrogens is 3. The number of aryl methyl sites for hydroxylation is 1. The molecule has 0 saturated heterocycles. The maximum absolute atomic E-state index is 11.9. The number of thiocarbonyl (C=S) groups is 1. The molecule has 0 aliphatic heterocycles. The van der Waals surface area contributed by atoms with Gasteiger partial charge in [0.25, 0.3) is 5.91 Å². The number of nitrogens with zero attached hydrogens (tertiary/aromatic N) is 3. The van der Waals surface area contributed by atoms with Gasteiger partial charge in [0.2, 0.25) is 0 Å². The third kappa shape index (κ3) is 3.61. The largest absolute Gasteiger partial charge is 0.389 e. The third-order valence-corrected chi connectivity index (χ3v) is 2.91. The summed E-state index contributed by atoms with van der Waals surface area (Å²) in [7, 11) is 0. The quantitative estimate of drug-likeness (QED) is 0.789. The summed E-state index contributed by atoms with van der Waals surface area (Å²) in [5.41, 5.74) is 7.53. The van der Waals surface area contributed by atoms with Crippen LogP contribution < -0.4 is 11.1 Å². The van der Waals surface area contributed by atoms with Gasteiger partial charge in [-0.05, 0) is 24.6 Å². The lowest BCUT2D eigenvalue weighted by Crippen LogP contribution is -2.28. The van der Waals surface area contributed by atoms with Crippen molar-refractivity contribution < 1.29 is 4.79 Å². The van der Waals surface area contributed by atoms with Crippen molar-refractivity contribution in [2.24, 2.45) is 5.73 Å². The molecule has 104 valence electrons. The topological polar surface area (TPSA) is 85.8 Å². The second-order valence-corrected chi connectivity index (χ2v) is 4.77. The zero-order valence-electron chi connectivity index (χ0n) is 11.0. The fourth-order valence-electron chi connectivity index (χ4n) is 1.64. The van der Waals surface area contributed by atoms with Crippen LogP contribution in [0.5, 0.6) is 0 Å². The van der Waals surface area contributed by atoms with Crippen LogP contribution in [0, 0.1) is 6.92 Å². The van der Waals surface area contributed by atoms with Gasteiger partial charge in [-0.3, -0.25) is 14.5 Å². The molecule has 20 heavy (non-hydrogen) atoms. The molecule has 0 fully saturated rings. The molecule has 6 nitrogen and oxygen atoms in total. The van der Waals surface area contributed by atoms with E-state index in [0.29, 0.717) is 24.3 Å². The summed E-state index contributed by atoms with van der Waals surface area (Å²) in [6, 6.07) is 3.28. The molecule has 1 amide bonds. The molecule has 2 rings (SSSR count). The Morgan fingerprint density at radius 1 is 1.45 bits per heavy atom. The van der Waals surface area contributed by atoms with E-state index in [4.69, 9.17) is 18.0 Å². The van der Waals surface area contributed by atoms with Gasteiger partial charge in [0.15, 0.2) is 0 Å². The van der Waals surface area contributed by atoms with Crippen LogP contribution >= 0.6 is 12.2 Å². The number of rotatable bonds is 5. The zero-order valence-corrected chi connectivity index (χ0v) is 11.9. The smallest absolute Gasteiger partial charge is 0.269 e. The minimum Gasteiger partial charge on any atom is -0.389 e. The normalized spacial score (nSPS) is 10.2. The van der Waals surface area contributed by atoms with E-state index < -0.39 is 0 Å². The molecule has 2 aromatic heterocycles. The lowest BCUT2D eigenvalue weighted by atomic mass is 10.2. The zero-order chi connectivity index (χ0) is 14.5. The molecule has 2 aromatic rings. The molecule has 7 heteroatoms. The summed E-state index contributed by atoms with van der Waals surface area (Å²) in [5.74, 6) is -0.233. The molecule has 0 spiro atoms. The van der Waals surface area contributed by atoms with Crippen LogP contribution in [-0.2, 0) is 6.54 Å². The van der Waals surface area contributed by atoms with E-state index >= 15 is 0 Å². The van der Waals surface area contributed by atoms with Crippen molar-refractivity contribution in [2.45, 2.75) is 13.5 Å². The van der Waals surface area contributed by atoms with E-state index in [1.54, 1.807) is 23.0 Å². The number of hydrogen-bond donors (Lipinski definition) is 2. The average Bonchev–Trinajstić information content (AvgIpc) is 2.84. The first kappa shape index (κ1) is 14.1. The van der Waals surface area contributed by atoms with Gasteiger partial charge in [0.1, 0.15) is 10.7 Å². The molecule has 3 N–H and O–H groups in total. The number of nitrogens with two attached hydrogens (primary N) is 1. The predicted molar refractivity (Wildman–Crippen MR) is 79.4 cm³/mol. The van der Waals surface area contributed by atoms with Crippen LogP contribution in [-0.4, -0.2) is 32.2 Å². The molecule has 0 radical (unpaired) electrons. The molecule has 2 heterocycles. The Labute approximate surface area is 122 Å². The lowest BCUT2D eigenvalue weighted by Gasteiger charge is -2.05. The van der Waals surface area contributed by atoms with Gasteiger partial charge >= 0.3 is 0 Å². The highest BCUT2D eigenvalue weighted by molar-refractivity contribution is 7.80. The Bertz CT molecular complexity index is 620. The molecule has 0 bridgehead atoms. The number of pyridine rings is 1. The van der Waals surface area contributed by atoms with Crippen molar-refractivity contribution in [3.05, 3.63) is 47.5 Å².